The van der Waals surface area contributed by atoms with Gasteiger partial charge in [0.25, 0.3) is 0 Å². The number of hydrogen-bond acceptors (Lipinski definition) is 6. The molecule has 0 bridgehead atoms. The predicted molar refractivity (Wildman–Crippen MR) is 105 cm³/mol. The number of aromatic nitrogens is 6. The fourth-order valence-corrected chi connectivity index (χ4v) is 3.79. The molecule has 1 amide bonds. The summed E-state index contributed by atoms with van der Waals surface area (Å²) in [4.78, 5) is 12.5. The Morgan fingerprint density at radius 2 is 2.00 bits per heavy atom. The van der Waals surface area contributed by atoms with Gasteiger partial charge in [0.2, 0.25) is 5.91 Å². The number of carbonyl (C=O) groups excluding carboxylic acids is 1. The second-order valence-corrected chi connectivity index (χ2v) is 6.89. The summed E-state index contributed by atoms with van der Waals surface area (Å²) in [7, 11) is 0. The van der Waals surface area contributed by atoms with Crippen molar-refractivity contribution in [3.05, 3.63) is 59.5 Å². The summed E-state index contributed by atoms with van der Waals surface area (Å²) in [6, 6.07) is 11.5. The van der Waals surface area contributed by atoms with Crippen molar-refractivity contribution in [1.29, 1.82) is 0 Å². The highest BCUT2D eigenvalue weighted by molar-refractivity contribution is 5.95. The van der Waals surface area contributed by atoms with Gasteiger partial charge in [0.1, 0.15) is 17.9 Å². The predicted octanol–water partition coefficient (Wildman–Crippen LogP) is 2.49. The van der Waals surface area contributed by atoms with E-state index in [2.05, 4.69) is 25.7 Å². The van der Waals surface area contributed by atoms with E-state index in [0.29, 0.717) is 30.3 Å². The Labute approximate surface area is 166 Å². The second-order valence-electron chi connectivity index (χ2n) is 6.89. The van der Waals surface area contributed by atoms with Crippen LogP contribution in [0, 0.1) is 6.92 Å². The fourth-order valence-electron chi connectivity index (χ4n) is 3.79. The maximum Gasteiger partial charge on any atom is 0.226 e. The van der Waals surface area contributed by atoms with E-state index in [0.717, 1.165) is 22.6 Å². The summed E-state index contributed by atoms with van der Waals surface area (Å²) in [5.41, 5.74) is 3.54. The van der Waals surface area contributed by atoms with Gasteiger partial charge < -0.3 is 10.1 Å². The number of hydrogen-bond donors (Lipinski definition) is 1. The topological polar surface area (TPSA) is 99.2 Å². The minimum atomic E-state index is -0.0816. The van der Waals surface area contributed by atoms with Crippen molar-refractivity contribution in [2.24, 2.45) is 0 Å². The lowest BCUT2D eigenvalue weighted by atomic mass is 9.86. The first kappa shape index (κ1) is 17.4. The lowest BCUT2D eigenvalue weighted by Gasteiger charge is -2.24. The van der Waals surface area contributed by atoms with E-state index < -0.39 is 0 Å². The number of fused-ring (bicyclic) bond motifs is 2. The summed E-state index contributed by atoms with van der Waals surface area (Å²) in [6.07, 6.45) is 1.90. The molecule has 0 fully saturated rings. The molecule has 1 aliphatic rings. The second kappa shape index (κ2) is 6.69. The number of aryl methyl sites for hydroxylation is 1. The lowest BCUT2D eigenvalue weighted by molar-refractivity contribution is -0.116. The largest absolute Gasteiger partial charge is 0.494 e. The van der Waals surface area contributed by atoms with Crippen molar-refractivity contribution in [2.45, 2.75) is 26.2 Å². The molecule has 1 aliphatic heterocycles. The number of benzene rings is 1. The Morgan fingerprint density at radius 1 is 1.17 bits per heavy atom. The summed E-state index contributed by atoms with van der Waals surface area (Å²) < 4.78 is 8.78. The Kier molecular flexibility index (Phi) is 4.01. The molecule has 3 aromatic heterocycles. The van der Waals surface area contributed by atoms with Gasteiger partial charge >= 0.3 is 0 Å². The van der Waals surface area contributed by atoms with Gasteiger partial charge in [0, 0.05) is 17.9 Å². The Morgan fingerprint density at radius 3 is 2.79 bits per heavy atom. The Hall–Kier alpha value is -3.75. The Balaban J connectivity index is 1.60. The molecule has 4 aromatic rings. The fraction of sp³-hybridized carbons (Fsp3) is 0.250. The van der Waals surface area contributed by atoms with Gasteiger partial charge in [0.15, 0.2) is 11.5 Å². The molecule has 29 heavy (non-hydrogen) atoms. The summed E-state index contributed by atoms with van der Waals surface area (Å²) >= 11 is 0. The zero-order chi connectivity index (χ0) is 20.0. The molecule has 0 spiro atoms. The standard InChI is InChI=1S/C20H19N7O2/c1-3-29-14-6-4-13(5-7-14)15-10-18(28)22-20-19(15)12(2)24-27(20)17-9-8-16-23-21-11-26(16)25-17/h4-9,11,15H,3,10H2,1-2H3,(H,22,28)/t15-/m0/s1. The number of nitrogens with zero attached hydrogens (tertiary/aromatic N) is 6. The van der Waals surface area contributed by atoms with Crippen LogP contribution in [-0.4, -0.2) is 42.1 Å². The van der Waals surface area contributed by atoms with Crippen LogP contribution in [-0.2, 0) is 4.79 Å². The third-order valence-electron chi connectivity index (χ3n) is 5.06. The lowest BCUT2D eigenvalue weighted by Crippen LogP contribution is -2.25. The zero-order valence-electron chi connectivity index (χ0n) is 16.0. The molecule has 1 aromatic carbocycles. The number of anilines is 1. The van der Waals surface area contributed by atoms with Crippen LogP contribution in [0.15, 0.2) is 42.7 Å². The van der Waals surface area contributed by atoms with Crippen LogP contribution >= 0.6 is 0 Å². The van der Waals surface area contributed by atoms with Crippen LogP contribution in [0.2, 0.25) is 0 Å². The molecule has 5 rings (SSSR count). The maximum atomic E-state index is 12.5. The molecule has 0 radical (unpaired) electrons. The van der Waals surface area contributed by atoms with Gasteiger partial charge in [-0.1, -0.05) is 12.1 Å². The molecule has 9 nitrogen and oxygen atoms in total. The van der Waals surface area contributed by atoms with Crippen LogP contribution in [0.3, 0.4) is 0 Å². The third-order valence-corrected chi connectivity index (χ3v) is 5.06. The van der Waals surface area contributed by atoms with Crippen molar-refractivity contribution in [2.75, 3.05) is 11.9 Å². The SMILES string of the molecule is CCOc1ccc([C@@H]2CC(=O)Nc3c2c(C)nn3-c2ccc3nncn3n2)cc1. The molecule has 0 unspecified atom stereocenters. The quantitative estimate of drug-likeness (QED) is 0.576. The van der Waals surface area contributed by atoms with Crippen LogP contribution < -0.4 is 10.1 Å². The van der Waals surface area contributed by atoms with Gasteiger partial charge in [-0.05, 0) is 43.7 Å². The number of carbonyl (C=O) groups is 1. The highest BCUT2D eigenvalue weighted by Crippen LogP contribution is 2.40. The first-order valence-electron chi connectivity index (χ1n) is 9.43. The van der Waals surface area contributed by atoms with E-state index >= 15 is 0 Å². The maximum absolute atomic E-state index is 12.5. The van der Waals surface area contributed by atoms with Crippen LogP contribution in [0.1, 0.15) is 36.1 Å². The average molecular weight is 389 g/mol. The van der Waals surface area contributed by atoms with Crippen molar-refractivity contribution in [3.8, 4) is 11.6 Å². The molecule has 4 heterocycles. The summed E-state index contributed by atoms with van der Waals surface area (Å²) in [6.45, 7) is 4.52. The van der Waals surface area contributed by atoms with E-state index in [1.54, 1.807) is 9.20 Å². The third kappa shape index (κ3) is 2.91. The minimum absolute atomic E-state index is 0.0529. The van der Waals surface area contributed by atoms with Crippen molar-refractivity contribution < 1.29 is 9.53 Å². The van der Waals surface area contributed by atoms with E-state index in [9.17, 15) is 4.79 Å². The van der Waals surface area contributed by atoms with Crippen molar-refractivity contribution in [1.82, 2.24) is 29.6 Å². The molecular weight excluding hydrogens is 370 g/mol. The van der Waals surface area contributed by atoms with Gasteiger partial charge in [-0.25, -0.2) is 0 Å². The molecule has 0 aliphatic carbocycles. The molecule has 9 heteroatoms. The van der Waals surface area contributed by atoms with E-state index in [1.807, 2.05) is 50.2 Å². The molecule has 0 saturated carbocycles. The highest BCUT2D eigenvalue weighted by Gasteiger charge is 2.33. The van der Waals surface area contributed by atoms with Crippen molar-refractivity contribution >= 4 is 17.4 Å². The van der Waals surface area contributed by atoms with Gasteiger partial charge in [-0.15, -0.1) is 15.3 Å². The monoisotopic (exact) mass is 389 g/mol. The zero-order valence-corrected chi connectivity index (χ0v) is 16.0. The number of rotatable bonds is 4. The van der Waals surface area contributed by atoms with E-state index in [-0.39, 0.29) is 11.8 Å². The van der Waals surface area contributed by atoms with Crippen LogP contribution in [0.25, 0.3) is 11.5 Å². The van der Waals surface area contributed by atoms with E-state index in [4.69, 9.17) is 4.74 Å². The molecule has 146 valence electrons. The normalized spacial score (nSPS) is 15.9. The Bertz CT molecular complexity index is 1210. The first-order valence-corrected chi connectivity index (χ1v) is 9.43. The van der Waals surface area contributed by atoms with Crippen molar-refractivity contribution in [3.63, 3.8) is 0 Å². The van der Waals surface area contributed by atoms with Crippen LogP contribution in [0.5, 0.6) is 5.75 Å². The average Bonchev–Trinajstić information content (AvgIpc) is 3.32. The number of nitrogens with one attached hydrogen (secondary N) is 1. The summed E-state index contributed by atoms with van der Waals surface area (Å²) in [5, 5.41) is 20.0. The first-order chi connectivity index (χ1) is 14.1. The minimum Gasteiger partial charge on any atom is -0.494 e. The van der Waals surface area contributed by atoms with Gasteiger partial charge in [-0.3, -0.25) is 4.79 Å². The smallest absolute Gasteiger partial charge is 0.226 e. The molecule has 1 N–H and O–H groups in total. The highest BCUT2D eigenvalue weighted by atomic mass is 16.5. The van der Waals surface area contributed by atoms with E-state index in [1.165, 1.54) is 6.33 Å². The van der Waals surface area contributed by atoms with Gasteiger partial charge in [0.05, 0.1) is 12.3 Å². The summed E-state index contributed by atoms with van der Waals surface area (Å²) in [5.74, 6) is 1.91. The molecular formula is C20H19N7O2. The molecule has 1 atom stereocenters. The molecule has 0 saturated heterocycles. The van der Waals surface area contributed by atoms with Crippen LogP contribution in [0.4, 0.5) is 5.82 Å². The number of ether oxygens (including phenoxy) is 1. The van der Waals surface area contributed by atoms with Gasteiger partial charge in [-0.2, -0.15) is 14.3 Å². The number of amides is 1.